The van der Waals surface area contributed by atoms with Crippen LogP contribution < -0.4 is 15.4 Å². The van der Waals surface area contributed by atoms with Gasteiger partial charge in [0.15, 0.2) is 9.84 Å². The third-order valence-corrected chi connectivity index (χ3v) is 8.15. The average molecular weight is 563 g/mol. The van der Waals surface area contributed by atoms with Crippen LogP contribution in [0.1, 0.15) is 37.8 Å². The number of rotatable bonds is 17. The lowest BCUT2D eigenvalue weighted by Gasteiger charge is -2.27. The summed E-state index contributed by atoms with van der Waals surface area (Å²) in [6.07, 6.45) is -0.579. The summed E-state index contributed by atoms with van der Waals surface area (Å²) in [7, 11) is -0.806. The Morgan fingerprint density at radius 1 is 1.00 bits per heavy atom. The van der Waals surface area contributed by atoms with E-state index in [1.54, 1.807) is 7.11 Å². The van der Waals surface area contributed by atoms with Gasteiger partial charge in [0.1, 0.15) is 5.75 Å². The van der Waals surface area contributed by atoms with Crippen molar-refractivity contribution in [1.29, 1.82) is 0 Å². The van der Waals surface area contributed by atoms with Crippen molar-refractivity contribution in [2.75, 3.05) is 32.3 Å². The molecule has 3 N–H and O–H groups in total. The number of sulfone groups is 1. The Kier molecular flexibility index (Phi) is 13.4. The van der Waals surface area contributed by atoms with Crippen LogP contribution in [0.15, 0.2) is 54.6 Å². The van der Waals surface area contributed by atoms with E-state index in [9.17, 15) is 23.1 Å². The maximum absolute atomic E-state index is 13.4. The minimum absolute atomic E-state index is 0.0696. The van der Waals surface area contributed by atoms with E-state index in [1.165, 1.54) is 7.11 Å². The van der Waals surface area contributed by atoms with Crippen LogP contribution in [0.4, 0.5) is 0 Å². The smallest absolute Gasteiger partial charge is 0.306 e. The van der Waals surface area contributed by atoms with E-state index in [-0.39, 0.29) is 24.6 Å². The molecule has 10 heteroatoms. The topological polar surface area (TPSA) is 131 Å². The number of esters is 1. The van der Waals surface area contributed by atoms with Gasteiger partial charge in [0.2, 0.25) is 5.91 Å². The number of hydrogen-bond acceptors (Lipinski definition) is 8. The Hall–Kier alpha value is -2.95. The lowest BCUT2D eigenvalue weighted by atomic mass is 9.99. The van der Waals surface area contributed by atoms with E-state index < -0.39 is 45.5 Å². The van der Waals surface area contributed by atoms with E-state index in [0.29, 0.717) is 19.4 Å². The van der Waals surface area contributed by atoms with Gasteiger partial charge in [-0.3, -0.25) is 9.59 Å². The number of ether oxygens (including phenoxy) is 2. The van der Waals surface area contributed by atoms with Crippen LogP contribution in [0, 0.1) is 11.8 Å². The van der Waals surface area contributed by atoms with E-state index in [4.69, 9.17) is 9.47 Å². The molecule has 0 saturated carbocycles. The quantitative estimate of drug-likeness (QED) is 0.251. The molecule has 1 amide bonds. The molecule has 0 aliphatic carbocycles. The lowest BCUT2D eigenvalue weighted by molar-refractivity contribution is -0.144. The second-order valence-electron chi connectivity index (χ2n) is 10.1. The number of carbonyl (C=O) groups is 2. The number of aliphatic hydroxyl groups is 1. The summed E-state index contributed by atoms with van der Waals surface area (Å²) in [6.45, 7) is 4.49. The molecule has 0 aliphatic heterocycles. The van der Waals surface area contributed by atoms with Gasteiger partial charge < -0.3 is 25.2 Å². The van der Waals surface area contributed by atoms with Crippen LogP contribution in [0.25, 0.3) is 0 Å². The first kappa shape index (κ1) is 32.3. The minimum atomic E-state index is -3.59. The Morgan fingerprint density at radius 2 is 1.69 bits per heavy atom. The zero-order valence-corrected chi connectivity index (χ0v) is 24.1. The minimum Gasteiger partial charge on any atom is -0.497 e. The van der Waals surface area contributed by atoms with Crippen molar-refractivity contribution in [2.24, 2.45) is 11.8 Å². The van der Waals surface area contributed by atoms with E-state index >= 15 is 0 Å². The Labute approximate surface area is 232 Å². The van der Waals surface area contributed by atoms with E-state index in [1.807, 2.05) is 68.4 Å². The molecule has 216 valence electrons. The average Bonchev–Trinajstić information content (AvgIpc) is 2.91. The maximum Gasteiger partial charge on any atom is 0.306 e. The summed E-state index contributed by atoms with van der Waals surface area (Å²) in [5.41, 5.74) is 1.86. The van der Waals surface area contributed by atoms with Gasteiger partial charge >= 0.3 is 5.97 Å². The number of nitrogens with one attached hydrogen (secondary N) is 2. The molecule has 3 atom stereocenters. The molecule has 0 radical (unpaired) electrons. The van der Waals surface area contributed by atoms with Gasteiger partial charge in [-0.25, -0.2) is 8.42 Å². The highest BCUT2D eigenvalue weighted by Gasteiger charge is 2.31. The monoisotopic (exact) mass is 562 g/mol. The van der Waals surface area contributed by atoms with Crippen molar-refractivity contribution < 1.29 is 32.6 Å². The highest BCUT2D eigenvalue weighted by atomic mass is 32.2. The first-order valence-corrected chi connectivity index (χ1v) is 15.0. The van der Waals surface area contributed by atoms with Gasteiger partial charge in [0, 0.05) is 13.1 Å². The van der Waals surface area contributed by atoms with Gasteiger partial charge in [-0.2, -0.15) is 0 Å². The summed E-state index contributed by atoms with van der Waals surface area (Å²) in [5.74, 6) is -2.05. The van der Waals surface area contributed by atoms with Crippen LogP contribution in [0.3, 0.4) is 0 Å². The highest BCUT2D eigenvalue weighted by Crippen LogP contribution is 2.15. The predicted molar refractivity (Wildman–Crippen MR) is 151 cm³/mol. The van der Waals surface area contributed by atoms with Gasteiger partial charge in [-0.1, -0.05) is 56.3 Å². The van der Waals surface area contributed by atoms with Crippen molar-refractivity contribution in [1.82, 2.24) is 10.6 Å². The van der Waals surface area contributed by atoms with Crippen LogP contribution >= 0.6 is 0 Å². The highest BCUT2D eigenvalue weighted by molar-refractivity contribution is 7.91. The number of aliphatic hydroxyl groups excluding tert-OH is 1. The maximum atomic E-state index is 13.4. The van der Waals surface area contributed by atoms with E-state index in [0.717, 1.165) is 16.9 Å². The fraction of sp³-hybridized carbons (Fsp3) is 0.517. The van der Waals surface area contributed by atoms with Crippen molar-refractivity contribution in [3.63, 3.8) is 0 Å². The van der Waals surface area contributed by atoms with Gasteiger partial charge in [0.25, 0.3) is 0 Å². The van der Waals surface area contributed by atoms with Crippen molar-refractivity contribution in [3.05, 3.63) is 65.7 Å². The van der Waals surface area contributed by atoms with Crippen molar-refractivity contribution >= 4 is 21.7 Å². The Bertz CT molecular complexity index is 1140. The molecule has 0 spiro atoms. The summed E-state index contributed by atoms with van der Waals surface area (Å²) in [4.78, 5) is 25.4. The molecule has 0 saturated heterocycles. The molecule has 0 fully saturated rings. The second kappa shape index (κ2) is 16.2. The molecule has 2 aromatic rings. The summed E-state index contributed by atoms with van der Waals surface area (Å²) < 4.78 is 35.5. The Balaban J connectivity index is 2.15. The number of hydrogen-bond donors (Lipinski definition) is 3. The summed E-state index contributed by atoms with van der Waals surface area (Å²) >= 11 is 0. The van der Waals surface area contributed by atoms with E-state index in [2.05, 4.69) is 10.6 Å². The van der Waals surface area contributed by atoms with Crippen LogP contribution in [0.2, 0.25) is 0 Å². The van der Waals surface area contributed by atoms with Crippen LogP contribution in [-0.4, -0.2) is 69.8 Å². The zero-order chi connectivity index (χ0) is 28.8. The standard InChI is InChI=1S/C29H42N2O7S/c1-21(2)13-14-39(35,36)20-24(17-28(33)38-4)29(34)31-26(16-22-9-6-5-7-10-22)27(32)19-30-18-23-11-8-12-25(15-23)37-3/h5-12,15,21,24,26-27,30,32H,13-14,16-20H2,1-4H3,(H,31,34)/t24?,26-,27-/m0/s1. The number of amides is 1. The molecule has 2 aromatic carbocycles. The van der Waals surface area contributed by atoms with Crippen molar-refractivity contribution in [2.45, 2.75) is 51.8 Å². The van der Waals surface area contributed by atoms with Gasteiger partial charge in [0.05, 0.1) is 50.2 Å². The summed E-state index contributed by atoms with van der Waals surface area (Å²) in [6, 6.07) is 16.2. The number of methoxy groups -OCH3 is 2. The molecule has 39 heavy (non-hydrogen) atoms. The molecule has 2 rings (SSSR count). The lowest BCUT2D eigenvalue weighted by Crippen LogP contribution is -2.51. The normalized spacial score (nSPS) is 13.9. The van der Waals surface area contributed by atoms with Crippen LogP contribution in [0.5, 0.6) is 5.75 Å². The number of benzene rings is 2. The molecular weight excluding hydrogens is 520 g/mol. The molecule has 1 unspecified atom stereocenters. The molecule has 9 nitrogen and oxygen atoms in total. The largest absolute Gasteiger partial charge is 0.497 e. The van der Waals surface area contributed by atoms with Gasteiger partial charge in [-0.15, -0.1) is 0 Å². The Morgan fingerprint density at radius 3 is 2.33 bits per heavy atom. The fourth-order valence-corrected chi connectivity index (χ4v) is 5.94. The zero-order valence-electron chi connectivity index (χ0n) is 23.3. The SMILES string of the molecule is COC(=O)CC(CS(=O)(=O)CCC(C)C)C(=O)N[C@@H](Cc1ccccc1)[C@@H](O)CNCc1cccc(OC)c1. The first-order valence-electron chi connectivity index (χ1n) is 13.2. The third-order valence-electron chi connectivity index (χ3n) is 6.38. The van der Waals surface area contributed by atoms with Crippen molar-refractivity contribution in [3.8, 4) is 5.75 Å². The predicted octanol–water partition coefficient (Wildman–Crippen LogP) is 2.51. The fourth-order valence-electron chi connectivity index (χ4n) is 4.06. The summed E-state index contributed by atoms with van der Waals surface area (Å²) in [5, 5.41) is 17.1. The van der Waals surface area contributed by atoms with Gasteiger partial charge in [-0.05, 0) is 42.0 Å². The molecule has 0 bridgehead atoms. The number of carbonyl (C=O) groups excluding carboxylic acids is 2. The van der Waals surface area contributed by atoms with Crippen LogP contribution in [-0.2, 0) is 37.1 Å². The first-order chi connectivity index (χ1) is 18.5. The third kappa shape index (κ3) is 12.2. The molecular formula is C29H42N2O7S. The second-order valence-corrected chi connectivity index (χ2v) is 12.4. The molecule has 0 aliphatic rings. The molecule has 0 aromatic heterocycles. The molecule has 0 heterocycles.